The van der Waals surface area contributed by atoms with Gasteiger partial charge in [0.15, 0.2) is 5.69 Å². The fourth-order valence-electron chi connectivity index (χ4n) is 4.33. The molecule has 2 atom stereocenters. The summed E-state index contributed by atoms with van der Waals surface area (Å²) in [5, 5.41) is 3.24. The average Bonchev–Trinajstić information content (AvgIpc) is 3.36. The molecule has 1 aromatic heterocycles. The maximum absolute atomic E-state index is 12.9. The lowest BCUT2D eigenvalue weighted by molar-refractivity contribution is 0.0689. The van der Waals surface area contributed by atoms with Crippen LogP contribution in [-0.4, -0.2) is 46.9 Å². The molecule has 1 aromatic carbocycles. The van der Waals surface area contributed by atoms with Crippen LogP contribution < -0.4 is 10.1 Å². The third-order valence-electron chi connectivity index (χ3n) is 5.73. The molecule has 0 bridgehead atoms. The molecule has 1 N–H and O–H groups in total. The number of carbonyl (C=O) groups is 2. The van der Waals surface area contributed by atoms with Gasteiger partial charge in [-0.25, -0.2) is 0 Å². The van der Waals surface area contributed by atoms with E-state index in [4.69, 9.17) is 9.15 Å². The zero-order valence-electron chi connectivity index (χ0n) is 15.5. The van der Waals surface area contributed by atoms with Crippen molar-refractivity contribution in [3.63, 3.8) is 0 Å². The highest BCUT2D eigenvalue weighted by Gasteiger charge is 2.53. The second kappa shape index (κ2) is 6.72. The highest BCUT2D eigenvalue weighted by molar-refractivity contribution is 5.95. The molecule has 1 saturated carbocycles. The zero-order chi connectivity index (χ0) is 19.0. The van der Waals surface area contributed by atoms with Crippen LogP contribution >= 0.6 is 0 Å². The molecule has 1 aliphatic carbocycles. The Kier molecular flexibility index (Phi) is 4.37. The molecule has 1 saturated heterocycles. The van der Waals surface area contributed by atoms with Gasteiger partial charge in [-0.2, -0.15) is 4.98 Å². The number of nitrogens with zero attached hydrogens (tertiary/aromatic N) is 2. The third kappa shape index (κ3) is 3.07. The smallest absolute Gasteiger partial charge is 0.393 e. The van der Waals surface area contributed by atoms with Crippen LogP contribution in [0.25, 0.3) is 0 Å². The predicted octanol–water partition coefficient (Wildman–Crippen LogP) is 2.56. The molecule has 2 unspecified atom stereocenters. The number of oxazole rings is 1. The van der Waals surface area contributed by atoms with Gasteiger partial charge in [-0.15, -0.1) is 0 Å². The Morgan fingerprint density at radius 3 is 2.78 bits per heavy atom. The number of aryl methyl sites for hydroxylation is 1. The fraction of sp³-hybridized carbons (Fsp3) is 0.450. The molecule has 2 aliphatic rings. The van der Waals surface area contributed by atoms with Crippen molar-refractivity contribution < 1.29 is 18.7 Å². The minimum absolute atomic E-state index is 0.0258. The number of methoxy groups -OCH3 is 1. The first kappa shape index (κ1) is 17.6. The highest BCUT2D eigenvalue weighted by Crippen LogP contribution is 2.42. The van der Waals surface area contributed by atoms with Gasteiger partial charge in [0.05, 0.1) is 18.7 Å². The van der Waals surface area contributed by atoms with Crippen LogP contribution in [0.15, 0.2) is 34.9 Å². The second-order valence-corrected chi connectivity index (χ2v) is 7.34. The van der Waals surface area contributed by atoms with Crippen LogP contribution in [0.2, 0.25) is 0 Å². The lowest BCUT2D eigenvalue weighted by atomic mass is 9.92. The van der Waals surface area contributed by atoms with Crippen molar-refractivity contribution in [3.05, 3.63) is 47.3 Å². The van der Waals surface area contributed by atoms with Gasteiger partial charge < -0.3 is 19.4 Å². The van der Waals surface area contributed by atoms with E-state index >= 15 is 0 Å². The van der Waals surface area contributed by atoms with E-state index in [2.05, 4.69) is 10.3 Å². The number of nitrogens with one attached hydrogen (secondary N) is 1. The van der Waals surface area contributed by atoms with E-state index in [1.807, 2.05) is 36.1 Å². The number of rotatable bonds is 4. The van der Waals surface area contributed by atoms with Gasteiger partial charge in [-0.1, -0.05) is 17.7 Å². The fourth-order valence-corrected chi connectivity index (χ4v) is 4.33. The molecule has 2 fully saturated rings. The van der Waals surface area contributed by atoms with Crippen molar-refractivity contribution in [2.75, 3.05) is 13.7 Å². The van der Waals surface area contributed by atoms with Crippen molar-refractivity contribution in [2.24, 2.45) is 0 Å². The predicted molar refractivity (Wildman–Crippen MR) is 97.7 cm³/mol. The first-order valence-electron chi connectivity index (χ1n) is 9.22. The summed E-state index contributed by atoms with van der Waals surface area (Å²) in [5.74, 6) is -0.264. The molecule has 0 radical (unpaired) electrons. The number of benzene rings is 1. The van der Waals surface area contributed by atoms with Crippen LogP contribution in [-0.2, 0) is 0 Å². The molecule has 27 heavy (non-hydrogen) atoms. The van der Waals surface area contributed by atoms with E-state index < -0.39 is 0 Å². The first-order valence-corrected chi connectivity index (χ1v) is 9.22. The SMILES string of the molecule is COc1nc(C(=O)N2CCC3(NC(=O)c4ccc(C)cc4)CCCC23)co1. The summed E-state index contributed by atoms with van der Waals surface area (Å²) in [4.78, 5) is 31.5. The molecule has 2 heterocycles. The molecule has 1 aliphatic heterocycles. The molecular weight excluding hydrogens is 346 g/mol. The summed E-state index contributed by atoms with van der Waals surface area (Å²) in [6.07, 6.45) is 4.86. The van der Waals surface area contributed by atoms with Crippen LogP contribution in [0.4, 0.5) is 0 Å². The lowest BCUT2D eigenvalue weighted by Gasteiger charge is -2.33. The molecule has 2 amide bonds. The molecule has 0 spiro atoms. The van der Waals surface area contributed by atoms with Gasteiger partial charge >= 0.3 is 6.08 Å². The Morgan fingerprint density at radius 2 is 2.07 bits per heavy atom. The Labute approximate surface area is 157 Å². The van der Waals surface area contributed by atoms with E-state index in [-0.39, 0.29) is 35.2 Å². The second-order valence-electron chi connectivity index (χ2n) is 7.34. The number of aromatic nitrogens is 1. The summed E-state index contributed by atoms with van der Waals surface area (Å²) in [6, 6.07) is 7.51. The summed E-state index contributed by atoms with van der Waals surface area (Å²) in [7, 11) is 1.44. The van der Waals surface area contributed by atoms with E-state index in [0.29, 0.717) is 12.1 Å². The van der Waals surface area contributed by atoms with Gasteiger partial charge in [0.25, 0.3) is 11.8 Å². The zero-order valence-corrected chi connectivity index (χ0v) is 15.5. The van der Waals surface area contributed by atoms with E-state index in [1.165, 1.54) is 13.4 Å². The van der Waals surface area contributed by atoms with Gasteiger partial charge in [-0.3, -0.25) is 9.59 Å². The quantitative estimate of drug-likeness (QED) is 0.895. The Morgan fingerprint density at radius 1 is 1.30 bits per heavy atom. The number of fused-ring (bicyclic) bond motifs is 1. The number of hydrogen-bond acceptors (Lipinski definition) is 5. The van der Waals surface area contributed by atoms with Crippen molar-refractivity contribution in [2.45, 2.75) is 44.2 Å². The van der Waals surface area contributed by atoms with Crippen molar-refractivity contribution in [3.8, 4) is 6.08 Å². The van der Waals surface area contributed by atoms with Crippen LogP contribution in [0.5, 0.6) is 6.08 Å². The third-order valence-corrected chi connectivity index (χ3v) is 5.73. The van der Waals surface area contributed by atoms with Crippen LogP contribution in [0.1, 0.15) is 52.1 Å². The minimum Gasteiger partial charge on any atom is -0.454 e. The maximum Gasteiger partial charge on any atom is 0.393 e. The number of ether oxygens (including phenoxy) is 1. The van der Waals surface area contributed by atoms with Crippen molar-refractivity contribution >= 4 is 11.8 Å². The molecule has 7 nitrogen and oxygen atoms in total. The normalized spacial score (nSPS) is 23.9. The number of likely N-dealkylation sites (tertiary alicyclic amines) is 1. The molecular formula is C20H23N3O4. The van der Waals surface area contributed by atoms with Gasteiger partial charge in [0.2, 0.25) is 0 Å². The Bertz CT molecular complexity index is 860. The van der Waals surface area contributed by atoms with Gasteiger partial charge in [-0.05, 0) is 44.7 Å². The maximum atomic E-state index is 12.9. The Hall–Kier alpha value is -2.83. The Balaban J connectivity index is 1.52. The molecule has 7 heteroatoms. The standard InChI is InChI=1S/C20H23N3O4/c1-13-5-7-14(8-6-13)17(24)22-20-9-3-4-16(20)23(11-10-20)18(25)15-12-27-19(21-15)26-2/h5-8,12,16H,3-4,9-11H2,1-2H3,(H,22,24). The monoisotopic (exact) mass is 369 g/mol. The molecule has 4 rings (SSSR count). The van der Waals surface area contributed by atoms with E-state index in [0.717, 1.165) is 31.2 Å². The summed E-state index contributed by atoms with van der Waals surface area (Å²) in [5.41, 5.74) is 1.63. The summed E-state index contributed by atoms with van der Waals surface area (Å²) < 4.78 is 10.0. The van der Waals surface area contributed by atoms with E-state index in [9.17, 15) is 9.59 Å². The van der Waals surface area contributed by atoms with Gasteiger partial charge in [0.1, 0.15) is 6.26 Å². The molecule has 142 valence electrons. The van der Waals surface area contributed by atoms with Crippen molar-refractivity contribution in [1.29, 1.82) is 0 Å². The van der Waals surface area contributed by atoms with Crippen LogP contribution in [0, 0.1) is 6.92 Å². The average molecular weight is 369 g/mol. The lowest BCUT2D eigenvalue weighted by Crippen LogP contribution is -2.54. The number of hydrogen-bond donors (Lipinski definition) is 1. The van der Waals surface area contributed by atoms with Gasteiger partial charge in [0, 0.05) is 12.1 Å². The van der Waals surface area contributed by atoms with Crippen LogP contribution in [0.3, 0.4) is 0 Å². The largest absolute Gasteiger partial charge is 0.454 e. The number of amides is 2. The molecule has 2 aromatic rings. The topological polar surface area (TPSA) is 84.7 Å². The summed E-state index contributed by atoms with van der Waals surface area (Å²) >= 11 is 0. The highest BCUT2D eigenvalue weighted by atomic mass is 16.6. The number of carbonyl (C=O) groups excluding carboxylic acids is 2. The van der Waals surface area contributed by atoms with Crippen molar-refractivity contribution in [1.82, 2.24) is 15.2 Å². The first-order chi connectivity index (χ1) is 13.0. The minimum atomic E-state index is -0.370. The summed E-state index contributed by atoms with van der Waals surface area (Å²) in [6.45, 7) is 2.58. The van der Waals surface area contributed by atoms with E-state index in [1.54, 1.807) is 0 Å².